The summed E-state index contributed by atoms with van der Waals surface area (Å²) in [5, 5.41) is 3.67. The lowest BCUT2D eigenvalue weighted by Gasteiger charge is -2.40. The molecule has 1 atom stereocenters. The minimum atomic E-state index is 0.00479. The van der Waals surface area contributed by atoms with Crippen molar-refractivity contribution in [2.75, 3.05) is 26.2 Å². The highest BCUT2D eigenvalue weighted by atomic mass is 16.5. The van der Waals surface area contributed by atoms with Gasteiger partial charge in [0, 0.05) is 32.2 Å². The Morgan fingerprint density at radius 1 is 1.32 bits per heavy atom. The van der Waals surface area contributed by atoms with Crippen molar-refractivity contribution in [1.29, 1.82) is 0 Å². The van der Waals surface area contributed by atoms with Crippen molar-refractivity contribution in [2.24, 2.45) is 0 Å². The van der Waals surface area contributed by atoms with Gasteiger partial charge in [-0.1, -0.05) is 24.3 Å². The maximum absolute atomic E-state index is 5.78. The van der Waals surface area contributed by atoms with E-state index < -0.39 is 0 Å². The SMILES string of the molecule is CC1(C)CN(CC2Cc3ccccc3CN2)CCO1. The van der Waals surface area contributed by atoms with Crippen LogP contribution in [0.4, 0.5) is 0 Å². The van der Waals surface area contributed by atoms with Crippen LogP contribution in [0.1, 0.15) is 25.0 Å². The first kappa shape index (κ1) is 13.1. The van der Waals surface area contributed by atoms with E-state index in [0.717, 1.165) is 39.2 Å². The van der Waals surface area contributed by atoms with Gasteiger partial charge in [0.1, 0.15) is 0 Å². The molecule has 1 unspecified atom stereocenters. The second-order valence-electron chi connectivity index (χ2n) is 6.39. The quantitative estimate of drug-likeness (QED) is 0.878. The second-order valence-corrected chi connectivity index (χ2v) is 6.39. The summed E-state index contributed by atoms with van der Waals surface area (Å²) in [6.07, 6.45) is 1.15. The first-order chi connectivity index (χ1) is 9.12. The molecule has 2 aliphatic heterocycles. The van der Waals surface area contributed by atoms with Gasteiger partial charge in [0.15, 0.2) is 0 Å². The fraction of sp³-hybridized carbons (Fsp3) is 0.625. The Bertz CT molecular complexity index is 444. The molecule has 0 saturated carbocycles. The number of fused-ring (bicyclic) bond motifs is 1. The van der Waals surface area contributed by atoms with Gasteiger partial charge >= 0.3 is 0 Å². The Hall–Kier alpha value is -0.900. The third kappa shape index (κ3) is 3.16. The number of nitrogens with zero attached hydrogens (tertiary/aromatic N) is 1. The zero-order valence-electron chi connectivity index (χ0n) is 12.0. The Kier molecular flexibility index (Phi) is 3.61. The van der Waals surface area contributed by atoms with Crippen LogP contribution in [0.25, 0.3) is 0 Å². The molecule has 1 fully saturated rings. The molecule has 0 radical (unpaired) electrons. The molecule has 2 aliphatic rings. The number of morpholine rings is 1. The fourth-order valence-corrected chi connectivity index (χ4v) is 3.23. The molecule has 0 bridgehead atoms. The zero-order chi connectivity index (χ0) is 13.3. The number of ether oxygens (including phenoxy) is 1. The molecule has 0 amide bonds. The molecule has 0 aliphatic carbocycles. The van der Waals surface area contributed by atoms with E-state index in [1.165, 1.54) is 11.1 Å². The predicted octanol–water partition coefficient (Wildman–Crippen LogP) is 1.81. The van der Waals surface area contributed by atoms with Crippen molar-refractivity contribution < 1.29 is 4.74 Å². The Morgan fingerprint density at radius 2 is 2.11 bits per heavy atom. The van der Waals surface area contributed by atoms with E-state index in [9.17, 15) is 0 Å². The average Bonchev–Trinajstić information content (AvgIpc) is 2.37. The van der Waals surface area contributed by atoms with E-state index >= 15 is 0 Å². The number of rotatable bonds is 2. The Balaban J connectivity index is 1.60. The van der Waals surface area contributed by atoms with Gasteiger partial charge in [0.05, 0.1) is 12.2 Å². The van der Waals surface area contributed by atoms with Crippen LogP contribution >= 0.6 is 0 Å². The van der Waals surface area contributed by atoms with Gasteiger partial charge in [-0.25, -0.2) is 0 Å². The topological polar surface area (TPSA) is 24.5 Å². The smallest absolute Gasteiger partial charge is 0.0753 e. The predicted molar refractivity (Wildman–Crippen MR) is 77.2 cm³/mol. The maximum atomic E-state index is 5.78. The Morgan fingerprint density at radius 3 is 2.89 bits per heavy atom. The molecular weight excluding hydrogens is 236 g/mol. The molecule has 19 heavy (non-hydrogen) atoms. The van der Waals surface area contributed by atoms with Crippen LogP contribution < -0.4 is 5.32 Å². The molecule has 0 spiro atoms. The molecule has 3 nitrogen and oxygen atoms in total. The molecule has 1 aromatic rings. The van der Waals surface area contributed by atoms with Crippen molar-refractivity contribution in [2.45, 2.75) is 38.5 Å². The number of nitrogens with one attached hydrogen (secondary N) is 1. The van der Waals surface area contributed by atoms with E-state index in [1.807, 2.05) is 0 Å². The van der Waals surface area contributed by atoms with Gasteiger partial charge in [0.2, 0.25) is 0 Å². The summed E-state index contributed by atoms with van der Waals surface area (Å²) in [6, 6.07) is 9.36. The monoisotopic (exact) mass is 260 g/mol. The number of hydrogen-bond acceptors (Lipinski definition) is 3. The van der Waals surface area contributed by atoms with E-state index in [2.05, 4.69) is 48.3 Å². The second kappa shape index (κ2) is 5.23. The first-order valence-electron chi connectivity index (χ1n) is 7.29. The van der Waals surface area contributed by atoms with E-state index in [4.69, 9.17) is 4.74 Å². The molecule has 1 saturated heterocycles. The average molecular weight is 260 g/mol. The molecule has 3 heteroatoms. The van der Waals surface area contributed by atoms with Crippen molar-refractivity contribution in [3.8, 4) is 0 Å². The van der Waals surface area contributed by atoms with Crippen LogP contribution in [0.2, 0.25) is 0 Å². The minimum Gasteiger partial charge on any atom is -0.373 e. The third-order valence-electron chi connectivity index (χ3n) is 4.15. The molecule has 0 aromatic heterocycles. The summed E-state index contributed by atoms with van der Waals surface area (Å²) < 4.78 is 5.78. The van der Waals surface area contributed by atoms with Gasteiger partial charge in [-0.3, -0.25) is 4.90 Å². The van der Waals surface area contributed by atoms with Gasteiger partial charge in [-0.15, -0.1) is 0 Å². The van der Waals surface area contributed by atoms with Crippen LogP contribution in [-0.4, -0.2) is 42.8 Å². The third-order valence-corrected chi connectivity index (χ3v) is 4.15. The van der Waals surface area contributed by atoms with Crippen LogP contribution in [0.3, 0.4) is 0 Å². The standard InChI is InChI=1S/C16H24N2O/c1-16(2)12-18(7-8-19-16)11-15-9-13-5-3-4-6-14(13)10-17-15/h3-6,15,17H,7-12H2,1-2H3. The molecule has 104 valence electrons. The van der Waals surface area contributed by atoms with E-state index in [-0.39, 0.29) is 5.60 Å². The summed E-state index contributed by atoms with van der Waals surface area (Å²) in [6.45, 7) is 9.45. The summed E-state index contributed by atoms with van der Waals surface area (Å²) in [4.78, 5) is 2.54. The highest BCUT2D eigenvalue weighted by Gasteiger charge is 2.29. The molecule has 1 N–H and O–H groups in total. The van der Waals surface area contributed by atoms with Gasteiger partial charge < -0.3 is 10.1 Å². The lowest BCUT2D eigenvalue weighted by Crippen LogP contribution is -2.53. The van der Waals surface area contributed by atoms with Crippen LogP contribution in [0.5, 0.6) is 0 Å². The summed E-state index contributed by atoms with van der Waals surface area (Å²) >= 11 is 0. The van der Waals surface area contributed by atoms with Crippen molar-refractivity contribution in [3.05, 3.63) is 35.4 Å². The minimum absolute atomic E-state index is 0.00479. The maximum Gasteiger partial charge on any atom is 0.0753 e. The van der Waals surface area contributed by atoms with Crippen LogP contribution in [-0.2, 0) is 17.7 Å². The molecule has 2 heterocycles. The van der Waals surface area contributed by atoms with Crippen molar-refractivity contribution >= 4 is 0 Å². The van der Waals surface area contributed by atoms with Gasteiger partial charge in [0.25, 0.3) is 0 Å². The number of benzene rings is 1. The lowest BCUT2D eigenvalue weighted by atomic mass is 9.95. The first-order valence-corrected chi connectivity index (χ1v) is 7.29. The molecule has 1 aromatic carbocycles. The highest BCUT2D eigenvalue weighted by molar-refractivity contribution is 5.29. The summed E-state index contributed by atoms with van der Waals surface area (Å²) in [5.41, 5.74) is 2.98. The fourth-order valence-electron chi connectivity index (χ4n) is 3.23. The van der Waals surface area contributed by atoms with E-state index in [1.54, 1.807) is 0 Å². The van der Waals surface area contributed by atoms with Crippen LogP contribution in [0, 0.1) is 0 Å². The largest absolute Gasteiger partial charge is 0.373 e. The summed E-state index contributed by atoms with van der Waals surface area (Å²) in [5.74, 6) is 0. The Labute approximate surface area is 115 Å². The van der Waals surface area contributed by atoms with Crippen molar-refractivity contribution in [1.82, 2.24) is 10.2 Å². The van der Waals surface area contributed by atoms with Gasteiger partial charge in [-0.05, 0) is 31.4 Å². The lowest BCUT2D eigenvalue weighted by molar-refractivity contribution is -0.0876. The zero-order valence-corrected chi connectivity index (χ0v) is 12.0. The van der Waals surface area contributed by atoms with Gasteiger partial charge in [-0.2, -0.15) is 0 Å². The molecular formula is C16H24N2O. The van der Waals surface area contributed by atoms with E-state index in [0.29, 0.717) is 6.04 Å². The number of hydrogen-bond donors (Lipinski definition) is 1. The summed E-state index contributed by atoms with van der Waals surface area (Å²) in [7, 11) is 0. The van der Waals surface area contributed by atoms with Crippen LogP contribution in [0.15, 0.2) is 24.3 Å². The molecule has 3 rings (SSSR count). The normalized spacial score (nSPS) is 26.9. The highest BCUT2D eigenvalue weighted by Crippen LogP contribution is 2.20. The van der Waals surface area contributed by atoms with Crippen molar-refractivity contribution in [3.63, 3.8) is 0 Å².